The van der Waals surface area contributed by atoms with E-state index in [0.717, 1.165) is 39.0 Å². The highest BCUT2D eigenvalue weighted by molar-refractivity contribution is 6.10. The van der Waals surface area contributed by atoms with Gasteiger partial charge in [-0.05, 0) is 75.5 Å². The summed E-state index contributed by atoms with van der Waals surface area (Å²) in [5, 5.41) is 4.62. The van der Waals surface area contributed by atoms with E-state index in [0.29, 0.717) is 0 Å². The summed E-state index contributed by atoms with van der Waals surface area (Å²) in [5.41, 5.74) is 9.47. The number of aromatic nitrogens is 1. The Hall–Kier alpha value is -5.67. The maximum atomic E-state index is 6.43. The van der Waals surface area contributed by atoms with Crippen molar-refractivity contribution in [3.63, 3.8) is 0 Å². The number of fused-ring (bicyclic) bond motifs is 4. The van der Waals surface area contributed by atoms with Crippen LogP contribution in [0, 0.1) is 0 Å². The number of nitrogens with zero attached hydrogens (tertiary/aromatic N) is 2. The van der Waals surface area contributed by atoms with Crippen molar-refractivity contribution in [3.8, 4) is 22.3 Å². The monoisotopic (exact) mass is 538 g/mol. The van der Waals surface area contributed by atoms with E-state index in [2.05, 4.69) is 143 Å². The summed E-state index contributed by atoms with van der Waals surface area (Å²) in [5.74, 6) is 0. The maximum Gasteiger partial charge on any atom is 0.159 e. The van der Waals surface area contributed by atoms with Crippen molar-refractivity contribution in [1.29, 1.82) is 0 Å². The Morgan fingerprint density at radius 2 is 1.12 bits per heavy atom. The minimum absolute atomic E-state index is 0.783. The lowest BCUT2D eigenvalue weighted by molar-refractivity contribution is 0.667. The first-order valence-electron chi connectivity index (χ1n) is 14.1. The Balaban J connectivity index is 1.26. The average Bonchev–Trinajstić information content (AvgIpc) is 3.45. The van der Waals surface area contributed by atoms with E-state index in [-0.39, 0.29) is 0 Å². The Morgan fingerprint density at radius 3 is 1.88 bits per heavy atom. The van der Waals surface area contributed by atoms with Gasteiger partial charge in [0.1, 0.15) is 0 Å². The fraction of sp³-hybridized carbons (Fsp3) is 0. The highest BCUT2D eigenvalue weighted by Crippen LogP contribution is 2.42. The lowest BCUT2D eigenvalue weighted by Crippen LogP contribution is -2.10. The van der Waals surface area contributed by atoms with Crippen LogP contribution in [0.1, 0.15) is 0 Å². The standard InChI is InChI=1S/C39H26N2O/c1-2-7-27(8-3-1)29-15-19-33(20-16-29)41(37-12-6-11-36-35-23-24-40-26-38(35)42-39(36)37)34-21-17-30(18-22-34)32-14-13-28-9-4-5-10-31(28)25-32/h1-26H. The van der Waals surface area contributed by atoms with Gasteiger partial charge in [-0.2, -0.15) is 0 Å². The van der Waals surface area contributed by atoms with Crippen LogP contribution in [0.25, 0.3) is 55.0 Å². The first-order chi connectivity index (χ1) is 20.8. The second-order valence-corrected chi connectivity index (χ2v) is 10.5. The predicted molar refractivity (Wildman–Crippen MR) is 175 cm³/mol. The van der Waals surface area contributed by atoms with Crippen molar-refractivity contribution >= 4 is 49.8 Å². The van der Waals surface area contributed by atoms with Gasteiger partial charge < -0.3 is 9.32 Å². The minimum atomic E-state index is 0.783. The van der Waals surface area contributed by atoms with E-state index in [1.165, 1.54) is 33.0 Å². The summed E-state index contributed by atoms with van der Waals surface area (Å²) in [7, 11) is 0. The molecule has 0 unspecified atom stereocenters. The molecule has 8 rings (SSSR count). The van der Waals surface area contributed by atoms with Crippen molar-refractivity contribution in [2.45, 2.75) is 0 Å². The maximum absolute atomic E-state index is 6.43. The molecule has 3 heteroatoms. The van der Waals surface area contributed by atoms with Crippen molar-refractivity contribution in [3.05, 3.63) is 158 Å². The molecule has 0 aliphatic heterocycles. The van der Waals surface area contributed by atoms with Crippen LogP contribution in [0.5, 0.6) is 0 Å². The van der Waals surface area contributed by atoms with Crippen LogP contribution in [-0.4, -0.2) is 4.98 Å². The molecule has 3 nitrogen and oxygen atoms in total. The van der Waals surface area contributed by atoms with Gasteiger partial charge in [0.15, 0.2) is 11.2 Å². The second-order valence-electron chi connectivity index (χ2n) is 10.5. The van der Waals surface area contributed by atoms with Crippen molar-refractivity contribution in [1.82, 2.24) is 4.98 Å². The Bertz CT molecular complexity index is 2180. The van der Waals surface area contributed by atoms with Crippen LogP contribution in [0.15, 0.2) is 162 Å². The number of hydrogen-bond donors (Lipinski definition) is 0. The largest absolute Gasteiger partial charge is 0.452 e. The van der Waals surface area contributed by atoms with E-state index in [1.807, 2.05) is 18.3 Å². The van der Waals surface area contributed by atoms with Gasteiger partial charge in [0.05, 0.1) is 11.9 Å². The fourth-order valence-electron chi connectivity index (χ4n) is 5.85. The first kappa shape index (κ1) is 24.2. The van der Waals surface area contributed by atoms with Gasteiger partial charge in [-0.25, -0.2) is 0 Å². The summed E-state index contributed by atoms with van der Waals surface area (Å²) in [4.78, 5) is 6.56. The Morgan fingerprint density at radius 1 is 0.476 bits per heavy atom. The van der Waals surface area contributed by atoms with Crippen molar-refractivity contribution in [2.24, 2.45) is 0 Å². The molecule has 0 saturated carbocycles. The molecule has 0 N–H and O–H groups in total. The number of para-hydroxylation sites is 1. The van der Waals surface area contributed by atoms with E-state index >= 15 is 0 Å². The third-order valence-electron chi connectivity index (χ3n) is 7.96. The number of rotatable bonds is 5. The van der Waals surface area contributed by atoms with Crippen LogP contribution >= 0.6 is 0 Å². The van der Waals surface area contributed by atoms with Crippen LogP contribution in [0.4, 0.5) is 17.1 Å². The Kier molecular flexibility index (Phi) is 5.79. The van der Waals surface area contributed by atoms with Crippen LogP contribution in [-0.2, 0) is 0 Å². The third-order valence-corrected chi connectivity index (χ3v) is 7.96. The highest BCUT2D eigenvalue weighted by atomic mass is 16.3. The molecule has 2 aromatic heterocycles. The minimum Gasteiger partial charge on any atom is -0.452 e. The molecule has 0 atom stereocenters. The van der Waals surface area contributed by atoms with E-state index < -0.39 is 0 Å². The smallest absolute Gasteiger partial charge is 0.159 e. The summed E-state index contributed by atoms with van der Waals surface area (Å²) in [6.07, 6.45) is 3.60. The molecule has 0 aliphatic carbocycles. The third kappa shape index (κ3) is 4.20. The zero-order valence-electron chi connectivity index (χ0n) is 22.8. The number of anilines is 3. The lowest BCUT2D eigenvalue weighted by atomic mass is 10.0. The van der Waals surface area contributed by atoms with Gasteiger partial charge in [-0.15, -0.1) is 0 Å². The van der Waals surface area contributed by atoms with Crippen LogP contribution < -0.4 is 4.90 Å². The SMILES string of the molecule is c1ccc(-c2ccc(N(c3ccc(-c4ccc5ccccc5c4)cc3)c3cccc4c3oc3cnccc34)cc2)cc1. The summed E-state index contributed by atoms with van der Waals surface area (Å²) in [6, 6.07) is 51.5. The van der Waals surface area contributed by atoms with E-state index in [4.69, 9.17) is 4.42 Å². The van der Waals surface area contributed by atoms with Gasteiger partial charge in [0, 0.05) is 28.3 Å². The average molecular weight is 539 g/mol. The topological polar surface area (TPSA) is 29.3 Å². The molecule has 2 heterocycles. The fourth-order valence-corrected chi connectivity index (χ4v) is 5.85. The van der Waals surface area contributed by atoms with Gasteiger partial charge in [0.2, 0.25) is 0 Å². The van der Waals surface area contributed by atoms with Crippen LogP contribution in [0.3, 0.4) is 0 Å². The molecule has 0 spiro atoms. The first-order valence-corrected chi connectivity index (χ1v) is 14.1. The van der Waals surface area contributed by atoms with E-state index in [9.17, 15) is 0 Å². The predicted octanol–water partition coefficient (Wildman–Crippen LogP) is 10.9. The molecule has 0 amide bonds. The van der Waals surface area contributed by atoms with Gasteiger partial charge in [-0.1, -0.05) is 103 Å². The normalized spacial score (nSPS) is 11.3. The Labute approximate surface area is 243 Å². The molecule has 0 saturated heterocycles. The zero-order chi connectivity index (χ0) is 27.9. The quantitative estimate of drug-likeness (QED) is 0.218. The molecular weight excluding hydrogens is 512 g/mol. The van der Waals surface area contributed by atoms with Crippen LogP contribution in [0.2, 0.25) is 0 Å². The molecular formula is C39H26N2O. The summed E-state index contributed by atoms with van der Waals surface area (Å²) < 4.78 is 6.43. The molecule has 42 heavy (non-hydrogen) atoms. The van der Waals surface area contributed by atoms with Gasteiger partial charge in [-0.3, -0.25) is 4.98 Å². The van der Waals surface area contributed by atoms with Gasteiger partial charge >= 0.3 is 0 Å². The van der Waals surface area contributed by atoms with Crippen molar-refractivity contribution < 1.29 is 4.42 Å². The molecule has 0 bridgehead atoms. The molecule has 8 aromatic rings. The second kappa shape index (κ2) is 10.1. The number of pyridine rings is 1. The molecule has 0 radical (unpaired) electrons. The molecule has 0 aliphatic rings. The number of furan rings is 1. The molecule has 6 aromatic carbocycles. The highest BCUT2D eigenvalue weighted by Gasteiger charge is 2.19. The molecule has 0 fully saturated rings. The lowest BCUT2D eigenvalue weighted by Gasteiger charge is -2.26. The van der Waals surface area contributed by atoms with Gasteiger partial charge in [0.25, 0.3) is 0 Å². The summed E-state index contributed by atoms with van der Waals surface area (Å²) in [6.45, 7) is 0. The summed E-state index contributed by atoms with van der Waals surface area (Å²) >= 11 is 0. The number of hydrogen-bond acceptors (Lipinski definition) is 3. The zero-order valence-corrected chi connectivity index (χ0v) is 22.8. The number of benzene rings is 6. The van der Waals surface area contributed by atoms with E-state index in [1.54, 1.807) is 6.20 Å². The van der Waals surface area contributed by atoms with Crippen molar-refractivity contribution in [2.75, 3.05) is 4.90 Å². The molecule has 198 valence electrons.